The van der Waals surface area contributed by atoms with Gasteiger partial charge in [-0.3, -0.25) is 14.0 Å². The van der Waals surface area contributed by atoms with Gasteiger partial charge in [-0.1, -0.05) is 6.07 Å². The van der Waals surface area contributed by atoms with Gasteiger partial charge in [0.1, 0.15) is 0 Å². The highest BCUT2D eigenvalue weighted by atomic mass is 16.3. The second-order valence-corrected chi connectivity index (χ2v) is 6.68. The summed E-state index contributed by atoms with van der Waals surface area (Å²) in [6.07, 6.45) is 5.03. The molecule has 1 aliphatic carbocycles. The van der Waals surface area contributed by atoms with Crippen molar-refractivity contribution in [3.63, 3.8) is 0 Å². The summed E-state index contributed by atoms with van der Waals surface area (Å²) < 4.78 is 1.81. The normalized spacial score (nSPS) is 22.0. The number of aromatic nitrogens is 4. The van der Waals surface area contributed by atoms with E-state index in [1.807, 2.05) is 28.8 Å². The van der Waals surface area contributed by atoms with Crippen molar-refractivity contribution in [1.82, 2.24) is 30.2 Å². The molecule has 140 valence electrons. The van der Waals surface area contributed by atoms with E-state index in [4.69, 9.17) is 0 Å². The van der Waals surface area contributed by atoms with Crippen molar-refractivity contribution < 1.29 is 14.7 Å². The molecule has 0 unspecified atom stereocenters. The van der Waals surface area contributed by atoms with Gasteiger partial charge in [-0.2, -0.15) is 0 Å². The van der Waals surface area contributed by atoms with Crippen molar-refractivity contribution in [2.45, 2.75) is 31.5 Å². The van der Waals surface area contributed by atoms with E-state index < -0.39 is 12.1 Å². The largest absolute Gasteiger partial charge is 0.391 e. The van der Waals surface area contributed by atoms with Crippen molar-refractivity contribution >= 4 is 17.5 Å². The van der Waals surface area contributed by atoms with Crippen LogP contribution in [-0.4, -0.2) is 48.6 Å². The van der Waals surface area contributed by atoms with Crippen LogP contribution in [0.3, 0.4) is 0 Å². The minimum absolute atomic E-state index is 0.167. The Bertz CT molecular complexity index is 951. The van der Waals surface area contributed by atoms with Crippen molar-refractivity contribution in [3.8, 4) is 0 Å². The number of aromatic amines is 1. The molecule has 27 heavy (non-hydrogen) atoms. The van der Waals surface area contributed by atoms with Crippen LogP contribution in [-0.2, 0) is 11.3 Å². The Morgan fingerprint density at radius 3 is 2.96 bits per heavy atom. The molecule has 0 spiro atoms. The van der Waals surface area contributed by atoms with Crippen LogP contribution in [0.5, 0.6) is 0 Å². The van der Waals surface area contributed by atoms with Gasteiger partial charge in [-0.15, -0.1) is 10.2 Å². The van der Waals surface area contributed by atoms with Crippen molar-refractivity contribution in [3.05, 3.63) is 54.2 Å². The number of amides is 2. The van der Waals surface area contributed by atoms with Crippen LogP contribution in [0, 0.1) is 5.92 Å². The van der Waals surface area contributed by atoms with Crippen LogP contribution < -0.4 is 10.6 Å². The zero-order chi connectivity index (χ0) is 18.8. The lowest BCUT2D eigenvalue weighted by molar-refractivity contribution is -0.125. The molecular formula is C18H20N6O3. The zero-order valence-corrected chi connectivity index (χ0v) is 14.5. The standard InChI is InChI=1S/C18H20N6O3/c25-14-8-12(7-13(14)21-18(27)11-4-5-19-9-11)17(26)20-10-16-23-22-15-3-1-2-6-24(15)16/h1-6,9,12-14,19,25H,7-8,10H2,(H,20,26)(H,21,27)/t12-,13+,14+/m0/s1. The molecule has 3 aromatic rings. The first-order valence-corrected chi connectivity index (χ1v) is 8.80. The third-order valence-electron chi connectivity index (χ3n) is 4.88. The molecule has 3 heterocycles. The topological polar surface area (TPSA) is 124 Å². The average molecular weight is 368 g/mol. The smallest absolute Gasteiger partial charge is 0.253 e. The Hall–Kier alpha value is -3.20. The highest BCUT2D eigenvalue weighted by Crippen LogP contribution is 2.26. The third kappa shape index (κ3) is 3.54. The number of carbonyl (C=O) groups excluding carboxylic acids is 2. The molecule has 0 radical (unpaired) electrons. The lowest BCUT2D eigenvalue weighted by Gasteiger charge is -2.15. The number of carbonyl (C=O) groups is 2. The first-order chi connectivity index (χ1) is 13.1. The van der Waals surface area contributed by atoms with Crippen LogP contribution in [0.4, 0.5) is 0 Å². The molecule has 4 rings (SSSR count). The van der Waals surface area contributed by atoms with E-state index in [0.717, 1.165) is 0 Å². The van der Waals surface area contributed by atoms with Gasteiger partial charge in [-0.25, -0.2) is 0 Å². The quantitative estimate of drug-likeness (QED) is 0.514. The highest BCUT2D eigenvalue weighted by molar-refractivity contribution is 5.94. The maximum absolute atomic E-state index is 12.5. The van der Waals surface area contributed by atoms with Crippen LogP contribution in [0.2, 0.25) is 0 Å². The number of rotatable bonds is 5. The third-order valence-corrected chi connectivity index (χ3v) is 4.88. The summed E-state index contributed by atoms with van der Waals surface area (Å²) in [4.78, 5) is 27.4. The van der Waals surface area contributed by atoms with Gasteiger partial charge in [0, 0.05) is 24.5 Å². The second kappa shape index (κ2) is 7.20. The van der Waals surface area contributed by atoms with Gasteiger partial charge in [0.15, 0.2) is 11.5 Å². The van der Waals surface area contributed by atoms with Crippen molar-refractivity contribution in [1.29, 1.82) is 0 Å². The van der Waals surface area contributed by atoms with E-state index in [1.165, 1.54) is 0 Å². The fourth-order valence-corrected chi connectivity index (χ4v) is 3.42. The summed E-state index contributed by atoms with van der Waals surface area (Å²) in [5.41, 5.74) is 1.21. The van der Waals surface area contributed by atoms with E-state index in [1.54, 1.807) is 18.5 Å². The van der Waals surface area contributed by atoms with E-state index in [0.29, 0.717) is 29.9 Å². The Balaban J connectivity index is 1.33. The maximum atomic E-state index is 12.5. The Morgan fingerprint density at radius 2 is 2.15 bits per heavy atom. The number of aliphatic hydroxyl groups excluding tert-OH is 1. The number of aliphatic hydroxyl groups is 1. The van der Waals surface area contributed by atoms with E-state index in [2.05, 4.69) is 25.8 Å². The van der Waals surface area contributed by atoms with E-state index in [9.17, 15) is 14.7 Å². The Morgan fingerprint density at radius 1 is 1.26 bits per heavy atom. The Kier molecular flexibility index (Phi) is 4.59. The van der Waals surface area contributed by atoms with Crippen LogP contribution in [0.15, 0.2) is 42.9 Å². The molecule has 0 aromatic carbocycles. The fourth-order valence-electron chi connectivity index (χ4n) is 3.42. The predicted molar refractivity (Wildman–Crippen MR) is 95.6 cm³/mol. The Labute approximate surface area is 154 Å². The molecule has 1 aliphatic rings. The van der Waals surface area contributed by atoms with E-state index in [-0.39, 0.29) is 24.3 Å². The van der Waals surface area contributed by atoms with E-state index >= 15 is 0 Å². The summed E-state index contributed by atoms with van der Waals surface area (Å²) in [5.74, 6) is -0.165. The number of H-pyrrole nitrogens is 1. The van der Waals surface area contributed by atoms with Crippen LogP contribution in [0.1, 0.15) is 29.0 Å². The summed E-state index contributed by atoms with van der Waals surface area (Å²) in [7, 11) is 0. The molecule has 4 N–H and O–H groups in total. The number of hydrogen-bond donors (Lipinski definition) is 4. The summed E-state index contributed by atoms with van der Waals surface area (Å²) in [6, 6.07) is 6.78. The monoisotopic (exact) mass is 368 g/mol. The highest BCUT2D eigenvalue weighted by Gasteiger charge is 2.37. The molecule has 0 bridgehead atoms. The molecule has 1 fully saturated rings. The zero-order valence-electron chi connectivity index (χ0n) is 14.5. The number of pyridine rings is 1. The van der Waals surface area contributed by atoms with Gasteiger partial charge >= 0.3 is 0 Å². The van der Waals surface area contributed by atoms with Crippen LogP contribution in [0.25, 0.3) is 5.65 Å². The van der Waals surface area contributed by atoms with Gasteiger partial charge in [0.2, 0.25) is 5.91 Å². The minimum atomic E-state index is -0.752. The van der Waals surface area contributed by atoms with Gasteiger partial charge < -0.3 is 20.7 Å². The SMILES string of the molecule is O=C(N[C@@H]1C[C@H](C(=O)NCc2nnc3ccccn23)C[C@H]1O)c1cc[nH]c1. The summed E-state index contributed by atoms with van der Waals surface area (Å²) in [5, 5.41) is 24.0. The second-order valence-electron chi connectivity index (χ2n) is 6.68. The number of fused-ring (bicyclic) bond motifs is 1. The molecule has 0 saturated heterocycles. The predicted octanol–water partition coefficient (Wildman–Crippen LogP) is 0.243. The molecule has 2 amide bonds. The average Bonchev–Trinajstić information content (AvgIpc) is 3.40. The molecule has 3 aromatic heterocycles. The number of nitrogens with one attached hydrogen (secondary N) is 3. The van der Waals surface area contributed by atoms with Crippen molar-refractivity contribution in [2.75, 3.05) is 0 Å². The first-order valence-electron chi connectivity index (χ1n) is 8.80. The molecule has 0 aliphatic heterocycles. The summed E-state index contributed by atoms with van der Waals surface area (Å²) >= 11 is 0. The summed E-state index contributed by atoms with van der Waals surface area (Å²) in [6.45, 7) is 0.247. The fraction of sp³-hybridized carbons (Fsp3) is 0.333. The van der Waals surface area contributed by atoms with Gasteiger partial charge in [-0.05, 0) is 31.0 Å². The number of hydrogen-bond acceptors (Lipinski definition) is 5. The first kappa shape index (κ1) is 17.2. The molecule has 1 saturated carbocycles. The lowest BCUT2D eigenvalue weighted by atomic mass is 10.1. The van der Waals surface area contributed by atoms with Crippen molar-refractivity contribution in [2.24, 2.45) is 5.92 Å². The maximum Gasteiger partial charge on any atom is 0.253 e. The lowest BCUT2D eigenvalue weighted by Crippen LogP contribution is -2.40. The number of nitrogens with zero attached hydrogens (tertiary/aromatic N) is 3. The molecular weight excluding hydrogens is 348 g/mol. The minimum Gasteiger partial charge on any atom is -0.391 e. The molecule has 3 atom stereocenters. The van der Waals surface area contributed by atoms with Gasteiger partial charge in [0.05, 0.1) is 24.3 Å². The molecule has 9 nitrogen and oxygen atoms in total. The molecule has 9 heteroatoms. The van der Waals surface area contributed by atoms with Gasteiger partial charge in [0.25, 0.3) is 5.91 Å². The van der Waals surface area contributed by atoms with Crippen LogP contribution >= 0.6 is 0 Å².